The summed E-state index contributed by atoms with van der Waals surface area (Å²) in [5.74, 6) is -1.72. The number of fused-ring (bicyclic) bond motifs is 3. The van der Waals surface area contributed by atoms with Crippen LogP contribution in [0.3, 0.4) is 0 Å². The third-order valence-corrected chi connectivity index (χ3v) is 7.50. The number of rotatable bonds is 6. The Labute approximate surface area is 204 Å². The van der Waals surface area contributed by atoms with Gasteiger partial charge in [0.05, 0.1) is 12.5 Å². The molecular formula is C27H30N2O6. The first kappa shape index (κ1) is 23.4. The maximum Gasteiger partial charge on any atom is 0.408 e. The number of carboxylic acid groups (broad SMARTS) is 1. The fourth-order valence-corrected chi connectivity index (χ4v) is 5.60. The van der Waals surface area contributed by atoms with Crippen molar-refractivity contribution in [3.05, 3.63) is 59.7 Å². The highest BCUT2D eigenvalue weighted by atomic mass is 16.6. The number of carbonyl (C=O) groups is 3. The predicted octanol–water partition coefficient (Wildman–Crippen LogP) is 3.44. The van der Waals surface area contributed by atoms with E-state index in [4.69, 9.17) is 9.47 Å². The minimum atomic E-state index is -1.22. The fraction of sp³-hybridized carbons (Fsp3) is 0.444. The van der Waals surface area contributed by atoms with E-state index in [1.807, 2.05) is 24.3 Å². The molecule has 2 aromatic carbocycles. The Bertz CT molecular complexity index is 1080. The Hall–Kier alpha value is -3.39. The lowest BCUT2D eigenvalue weighted by Gasteiger charge is -2.32. The van der Waals surface area contributed by atoms with Crippen LogP contribution in [-0.4, -0.2) is 54.5 Å². The van der Waals surface area contributed by atoms with E-state index in [9.17, 15) is 19.5 Å². The second kappa shape index (κ2) is 9.70. The average molecular weight is 479 g/mol. The Balaban J connectivity index is 1.24. The molecule has 1 aliphatic heterocycles. The van der Waals surface area contributed by atoms with Crippen LogP contribution in [0, 0.1) is 5.92 Å². The van der Waals surface area contributed by atoms with Crippen LogP contribution in [0.15, 0.2) is 48.5 Å². The van der Waals surface area contributed by atoms with Gasteiger partial charge >= 0.3 is 12.1 Å². The van der Waals surface area contributed by atoms with E-state index in [2.05, 4.69) is 34.9 Å². The summed E-state index contributed by atoms with van der Waals surface area (Å²) in [5.41, 5.74) is 3.29. The smallest absolute Gasteiger partial charge is 0.408 e. The van der Waals surface area contributed by atoms with Crippen LogP contribution in [0.1, 0.15) is 49.1 Å². The van der Waals surface area contributed by atoms with Crippen LogP contribution in [0.2, 0.25) is 0 Å². The zero-order chi connectivity index (χ0) is 24.4. The van der Waals surface area contributed by atoms with Crippen molar-refractivity contribution in [1.29, 1.82) is 0 Å². The van der Waals surface area contributed by atoms with Gasteiger partial charge in [0.1, 0.15) is 12.1 Å². The maximum atomic E-state index is 13.2. The minimum absolute atomic E-state index is 0.0537. The summed E-state index contributed by atoms with van der Waals surface area (Å²) >= 11 is 0. The summed E-state index contributed by atoms with van der Waals surface area (Å²) < 4.78 is 11.1. The lowest BCUT2D eigenvalue weighted by atomic mass is 9.85. The number of carboxylic acids is 1. The van der Waals surface area contributed by atoms with Gasteiger partial charge in [-0.2, -0.15) is 0 Å². The topological polar surface area (TPSA) is 114 Å². The molecule has 2 aliphatic carbocycles. The molecular weight excluding hydrogens is 448 g/mol. The van der Waals surface area contributed by atoms with E-state index in [0.29, 0.717) is 25.9 Å². The third kappa shape index (κ3) is 4.62. The van der Waals surface area contributed by atoms with Crippen molar-refractivity contribution in [2.75, 3.05) is 19.8 Å². The number of amides is 2. The zero-order valence-electron chi connectivity index (χ0n) is 19.5. The first-order chi connectivity index (χ1) is 17.0. The van der Waals surface area contributed by atoms with Crippen molar-refractivity contribution >= 4 is 18.0 Å². The molecule has 3 atom stereocenters. The molecule has 5 rings (SSSR count). The zero-order valence-corrected chi connectivity index (χ0v) is 19.5. The fourth-order valence-electron chi connectivity index (χ4n) is 5.60. The summed E-state index contributed by atoms with van der Waals surface area (Å²) in [6.45, 7) is 0.554. The molecule has 0 spiro atoms. The van der Waals surface area contributed by atoms with Crippen LogP contribution in [0.4, 0.5) is 4.79 Å². The second-order valence-electron chi connectivity index (χ2n) is 9.71. The predicted molar refractivity (Wildman–Crippen MR) is 128 cm³/mol. The molecule has 0 aromatic heterocycles. The summed E-state index contributed by atoms with van der Waals surface area (Å²) in [6.07, 6.45) is 2.14. The first-order valence-electron chi connectivity index (χ1n) is 12.2. The van der Waals surface area contributed by atoms with Crippen molar-refractivity contribution in [3.63, 3.8) is 0 Å². The van der Waals surface area contributed by atoms with E-state index >= 15 is 0 Å². The Morgan fingerprint density at radius 3 is 2.34 bits per heavy atom. The summed E-state index contributed by atoms with van der Waals surface area (Å²) in [6, 6.07) is 16.0. The van der Waals surface area contributed by atoms with E-state index in [1.165, 1.54) is 0 Å². The Morgan fingerprint density at radius 2 is 1.71 bits per heavy atom. The van der Waals surface area contributed by atoms with Gasteiger partial charge in [0.15, 0.2) is 0 Å². The molecule has 8 heteroatoms. The van der Waals surface area contributed by atoms with Crippen LogP contribution < -0.4 is 10.6 Å². The lowest BCUT2D eigenvalue weighted by molar-refractivity contribution is -0.143. The highest BCUT2D eigenvalue weighted by molar-refractivity contribution is 5.91. The SMILES string of the molecule is O=C(NC1(C(=O)N[C@@H]2CCC[C@H](C(=O)O)C2)CCOC1)OCC1c2ccccc2-c2ccccc21. The number of nitrogens with one attached hydrogen (secondary N) is 2. The monoisotopic (exact) mass is 478 g/mol. The highest BCUT2D eigenvalue weighted by Gasteiger charge is 2.45. The maximum absolute atomic E-state index is 13.2. The van der Waals surface area contributed by atoms with Crippen molar-refractivity contribution < 1.29 is 29.0 Å². The second-order valence-corrected chi connectivity index (χ2v) is 9.71. The largest absolute Gasteiger partial charge is 0.481 e. The molecule has 1 saturated carbocycles. The number of aliphatic carboxylic acids is 1. The quantitative estimate of drug-likeness (QED) is 0.586. The van der Waals surface area contributed by atoms with Crippen molar-refractivity contribution in [2.24, 2.45) is 5.92 Å². The van der Waals surface area contributed by atoms with Crippen LogP contribution >= 0.6 is 0 Å². The van der Waals surface area contributed by atoms with Crippen LogP contribution in [0.5, 0.6) is 0 Å². The Kier molecular flexibility index (Phi) is 6.47. The summed E-state index contributed by atoms with van der Waals surface area (Å²) in [4.78, 5) is 37.5. The van der Waals surface area contributed by atoms with Gasteiger partial charge in [0.25, 0.3) is 0 Å². The first-order valence-corrected chi connectivity index (χ1v) is 12.2. The standard InChI is InChI=1S/C27H30N2O6/c30-24(31)17-6-5-7-18(14-17)28-25(32)27(12-13-34-16-27)29-26(33)35-15-23-21-10-3-1-8-19(21)20-9-2-4-11-22(20)23/h1-4,8-11,17-18,23H,5-7,12-16H2,(H,28,32)(H,29,33)(H,30,31)/t17-,18+,27?/m0/s1. The summed E-state index contributed by atoms with van der Waals surface area (Å²) in [5, 5.41) is 15.1. The minimum Gasteiger partial charge on any atom is -0.481 e. The molecule has 2 aromatic rings. The van der Waals surface area contributed by atoms with E-state index in [0.717, 1.165) is 35.1 Å². The van der Waals surface area contributed by atoms with Gasteiger partial charge in [0, 0.05) is 25.0 Å². The number of hydrogen-bond acceptors (Lipinski definition) is 5. The highest BCUT2D eigenvalue weighted by Crippen LogP contribution is 2.44. The van der Waals surface area contributed by atoms with Gasteiger partial charge in [-0.05, 0) is 41.5 Å². The van der Waals surface area contributed by atoms with Gasteiger partial charge in [-0.25, -0.2) is 4.79 Å². The molecule has 1 unspecified atom stereocenters. The molecule has 1 heterocycles. The van der Waals surface area contributed by atoms with Crippen molar-refractivity contribution in [3.8, 4) is 11.1 Å². The molecule has 3 aliphatic rings. The van der Waals surface area contributed by atoms with Crippen LogP contribution in [0.25, 0.3) is 11.1 Å². The molecule has 8 nitrogen and oxygen atoms in total. The molecule has 0 bridgehead atoms. The van der Waals surface area contributed by atoms with Crippen molar-refractivity contribution in [2.45, 2.75) is 49.6 Å². The van der Waals surface area contributed by atoms with E-state index in [-0.39, 0.29) is 31.1 Å². The third-order valence-electron chi connectivity index (χ3n) is 7.50. The van der Waals surface area contributed by atoms with Crippen molar-refractivity contribution in [1.82, 2.24) is 10.6 Å². The molecule has 0 radical (unpaired) electrons. The van der Waals surface area contributed by atoms with E-state index < -0.39 is 23.5 Å². The van der Waals surface area contributed by atoms with Gasteiger partial charge < -0.3 is 25.2 Å². The van der Waals surface area contributed by atoms with E-state index in [1.54, 1.807) is 0 Å². The molecule has 184 valence electrons. The number of benzene rings is 2. The molecule has 35 heavy (non-hydrogen) atoms. The molecule has 2 fully saturated rings. The molecule has 3 N–H and O–H groups in total. The summed E-state index contributed by atoms with van der Waals surface area (Å²) in [7, 11) is 0. The Morgan fingerprint density at radius 1 is 1.03 bits per heavy atom. The molecule has 1 saturated heterocycles. The number of ether oxygens (including phenoxy) is 2. The van der Waals surface area contributed by atoms with Gasteiger partial charge in [-0.1, -0.05) is 55.0 Å². The van der Waals surface area contributed by atoms with Crippen LogP contribution in [-0.2, 0) is 19.1 Å². The molecule has 2 amide bonds. The number of hydrogen-bond donors (Lipinski definition) is 3. The van der Waals surface area contributed by atoms with Gasteiger partial charge in [-0.3, -0.25) is 9.59 Å². The lowest BCUT2D eigenvalue weighted by Crippen LogP contribution is -2.61. The average Bonchev–Trinajstić information content (AvgIpc) is 3.46. The number of alkyl carbamates (subject to hydrolysis) is 1. The van der Waals surface area contributed by atoms with Gasteiger partial charge in [0.2, 0.25) is 5.91 Å². The number of carbonyl (C=O) groups excluding carboxylic acids is 2. The van der Waals surface area contributed by atoms with Gasteiger partial charge in [-0.15, -0.1) is 0 Å². The normalized spacial score (nSPS) is 25.4.